The summed E-state index contributed by atoms with van der Waals surface area (Å²) < 4.78 is 33.4. The van der Waals surface area contributed by atoms with Gasteiger partial charge in [-0.3, -0.25) is 4.57 Å². The van der Waals surface area contributed by atoms with Crippen LogP contribution in [0.4, 0.5) is 0 Å². The minimum Gasteiger partial charge on any atom is -0.756 e. The summed E-state index contributed by atoms with van der Waals surface area (Å²) in [5.74, 6) is -1.34. The molecule has 0 spiro atoms. The first-order valence-corrected chi connectivity index (χ1v) is 22.9. The summed E-state index contributed by atoms with van der Waals surface area (Å²) in [6.07, 6.45) is 42.7. The van der Waals surface area contributed by atoms with Crippen LogP contribution in [0.3, 0.4) is 0 Å². The van der Waals surface area contributed by atoms with Gasteiger partial charge in [0.15, 0.2) is 6.10 Å². The summed E-state index contributed by atoms with van der Waals surface area (Å²) in [6.45, 7) is 3.96. The summed E-state index contributed by atoms with van der Waals surface area (Å²) >= 11 is 0. The van der Waals surface area contributed by atoms with Crippen LogP contribution in [0.25, 0.3) is 0 Å². The molecule has 0 radical (unpaired) electrons. The molecule has 0 saturated carbocycles. The first kappa shape index (κ1) is 52.0. The van der Waals surface area contributed by atoms with Gasteiger partial charge in [-0.25, -0.2) is 9.59 Å². The average Bonchev–Trinajstić information content (AvgIpc) is 3.12. The van der Waals surface area contributed by atoms with Crippen molar-refractivity contribution < 1.29 is 42.1 Å². The average molecular weight is 782 g/mol. The number of esters is 2. The lowest BCUT2D eigenvalue weighted by Crippen LogP contribution is -2.37. The molecule has 0 aliphatic rings. The molecule has 54 heavy (non-hydrogen) atoms. The normalized spacial score (nSPS) is 14.1. The van der Waals surface area contributed by atoms with Gasteiger partial charge in [-0.05, 0) is 25.7 Å². The molecule has 314 valence electrons. The zero-order chi connectivity index (χ0) is 40.0. The van der Waals surface area contributed by atoms with E-state index in [9.17, 15) is 19.0 Å². The first-order valence-electron chi connectivity index (χ1n) is 21.4. The lowest BCUT2D eigenvalue weighted by atomic mass is 10.1. The number of hydrogen-bond acceptors (Lipinski definition) is 8. The van der Waals surface area contributed by atoms with Gasteiger partial charge in [0.05, 0.1) is 27.7 Å². The number of phosphoric acid groups is 1. The number of hydrogen-bond donors (Lipinski definition) is 0. The van der Waals surface area contributed by atoms with Crippen LogP contribution in [0.1, 0.15) is 168 Å². The summed E-state index contributed by atoms with van der Waals surface area (Å²) in [7, 11) is 1.07. The van der Waals surface area contributed by atoms with E-state index in [1.807, 2.05) is 39.4 Å². The van der Waals surface area contributed by atoms with Crippen LogP contribution in [0.2, 0.25) is 0 Å². The van der Waals surface area contributed by atoms with Crippen LogP contribution < -0.4 is 4.89 Å². The third kappa shape index (κ3) is 39.7. The molecule has 0 heterocycles. The van der Waals surface area contributed by atoms with E-state index in [2.05, 4.69) is 13.8 Å². The molecule has 9 nitrogen and oxygen atoms in total. The standard InChI is InChI=1S/C44H80NO8P/c1-6-8-10-12-14-16-18-20-22-24-26-28-30-32-34-36-43(46)50-40-42(41-52-54(48,49)51-39-38-45(3,4)5)53-44(47)37-35-33-31-29-27-25-23-21-19-17-15-13-11-9-7-2/h30-37,42H,6-29,38-41H2,1-5H3/b32-30+,33-31+,36-34+,37-35+. The van der Waals surface area contributed by atoms with E-state index < -0.39 is 32.5 Å². The zero-order valence-corrected chi connectivity index (χ0v) is 36.0. The predicted octanol–water partition coefficient (Wildman–Crippen LogP) is 11.3. The molecule has 0 aromatic heterocycles. The Labute approximate surface area is 331 Å². The van der Waals surface area contributed by atoms with Gasteiger partial charge in [0, 0.05) is 12.2 Å². The fourth-order valence-electron chi connectivity index (χ4n) is 5.65. The molecule has 0 aliphatic heterocycles. The molecule has 0 N–H and O–H groups in total. The summed E-state index contributed by atoms with van der Waals surface area (Å²) in [5, 5.41) is 0. The fourth-order valence-corrected chi connectivity index (χ4v) is 6.38. The van der Waals surface area contributed by atoms with Crippen molar-refractivity contribution in [2.24, 2.45) is 0 Å². The fraction of sp³-hybridized carbons (Fsp3) is 0.773. The molecule has 2 atom stereocenters. The molecule has 0 bridgehead atoms. The number of phosphoric ester groups is 1. The Hall–Kier alpha value is -2.03. The maximum atomic E-state index is 12.5. The second kappa shape index (κ2) is 36.6. The number of nitrogens with zero attached hydrogens (tertiary/aromatic N) is 1. The zero-order valence-electron chi connectivity index (χ0n) is 35.2. The minimum absolute atomic E-state index is 0.0600. The van der Waals surface area contributed by atoms with Crippen molar-refractivity contribution in [3.8, 4) is 0 Å². The second-order valence-electron chi connectivity index (χ2n) is 15.5. The predicted molar refractivity (Wildman–Crippen MR) is 222 cm³/mol. The van der Waals surface area contributed by atoms with E-state index in [1.165, 1.54) is 141 Å². The Kier molecular flexibility index (Phi) is 35.2. The Balaban J connectivity index is 4.59. The molecular formula is C44H80NO8P. The Bertz CT molecular complexity index is 1070. The highest BCUT2D eigenvalue weighted by Crippen LogP contribution is 2.38. The SMILES string of the molecule is CCCCCCCCCCCCC/C=C/C=C/C(=O)OCC(COP(=O)([O-])OCC[N+](C)(C)C)OC(=O)/C=C/C=C/CCCCCCCCCCCCC. The third-order valence-corrected chi connectivity index (χ3v) is 10.00. The topological polar surface area (TPSA) is 111 Å². The second-order valence-corrected chi connectivity index (χ2v) is 16.9. The van der Waals surface area contributed by atoms with E-state index in [1.54, 1.807) is 18.2 Å². The van der Waals surface area contributed by atoms with Crippen molar-refractivity contribution in [2.45, 2.75) is 174 Å². The van der Waals surface area contributed by atoms with Gasteiger partial charge in [0.25, 0.3) is 7.82 Å². The monoisotopic (exact) mass is 782 g/mol. The molecule has 0 saturated heterocycles. The van der Waals surface area contributed by atoms with Crippen LogP contribution in [-0.2, 0) is 32.7 Å². The van der Waals surface area contributed by atoms with E-state index >= 15 is 0 Å². The van der Waals surface area contributed by atoms with E-state index in [-0.39, 0.29) is 13.2 Å². The van der Waals surface area contributed by atoms with Crippen LogP contribution in [0.5, 0.6) is 0 Å². The number of unbranched alkanes of at least 4 members (excludes halogenated alkanes) is 22. The Morgan fingerprint density at radius 2 is 0.981 bits per heavy atom. The molecule has 0 fully saturated rings. The van der Waals surface area contributed by atoms with Crippen molar-refractivity contribution in [3.05, 3.63) is 48.6 Å². The van der Waals surface area contributed by atoms with Crippen LogP contribution in [0.15, 0.2) is 48.6 Å². The van der Waals surface area contributed by atoms with E-state index in [4.69, 9.17) is 18.5 Å². The number of quaternary nitrogens is 1. The highest BCUT2D eigenvalue weighted by molar-refractivity contribution is 7.45. The van der Waals surface area contributed by atoms with Gasteiger partial charge in [-0.2, -0.15) is 0 Å². The Morgan fingerprint density at radius 1 is 0.574 bits per heavy atom. The van der Waals surface area contributed by atoms with Crippen molar-refractivity contribution in [2.75, 3.05) is 47.5 Å². The van der Waals surface area contributed by atoms with Crippen molar-refractivity contribution in [1.29, 1.82) is 0 Å². The lowest BCUT2D eigenvalue weighted by molar-refractivity contribution is -0.870. The maximum Gasteiger partial charge on any atom is 0.331 e. The number of carbonyl (C=O) groups excluding carboxylic acids is 2. The number of carbonyl (C=O) groups is 2. The van der Waals surface area contributed by atoms with Crippen LogP contribution in [-0.4, -0.2) is 70.0 Å². The highest BCUT2D eigenvalue weighted by Gasteiger charge is 2.20. The van der Waals surface area contributed by atoms with Gasteiger partial charge >= 0.3 is 11.9 Å². The van der Waals surface area contributed by atoms with Gasteiger partial charge in [-0.1, -0.05) is 179 Å². The number of ether oxygens (including phenoxy) is 2. The number of allylic oxidation sites excluding steroid dienone is 6. The third-order valence-electron chi connectivity index (χ3n) is 9.03. The van der Waals surface area contributed by atoms with Crippen LogP contribution in [0, 0.1) is 0 Å². The summed E-state index contributed by atoms with van der Waals surface area (Å²) in [5.41, 5.74) is 0. The smallest absolute Gasteiger partial charge is 0.331 e. The molecule has 0 aliphatic carbocycles. The molecule has 0 rings (SSSR count). The van der Waals surface area contributed by atoms with Gasteiger partial charge in [0.1, 0.15) is 19.8 Å². The quantitative estimate of drug-likeness (QED) is 0.0152. The molecule has 10 heteroatoms. The summed E-state index contributed by atoms with van der Waals surface area (Å²) in [4.78, 5) is 37.2. The van der Waals surface area contributed by atoms with Gasteiger partial charge < -0.3 is 27.9 Å². The largest absolute Gasteiger partial charge is 0.756 e. The van der Waals surface area contributed by atoms with Gasteiger partial charge in [0.2, 0.25) is 0 Å². The summed E-state index contributed by atoms with van der Waals surface area (Å²) in [6, 6.07) is 0. The van der Waals surface area contributed by atoms with Crippen molar-refractivity contribution >= 4 is 19.8 Å². The lowest BCUT2D eigenvalue weighted by Gasteiger charge is -2.28. The Morgan fingerprint density at radius 3 is 1.41 bits per heavy atom. The highest BCUT2D eigenvalue weighted by atomic mass is 31.2. The van der Waals surface area contributed by atoms with Gasteiger partial charge in [-0.15, -0.1) is 0 Å². The van der Waals surface area contributed by atoms with Crippen molar-refractivity contribution in [3.63, 3.8) is 0 Å². The maximum absolute atomic E-state index is 12.5. The number of likely N-dealkylation sites (N-methyl/N-ethyl adjacent to an activating group) is 1. The van der Waals surface area contributed by atoms with E-state index in [0.717, 1.165) is 25.7 Å². The number of rotatable bonds is 38. The van der Waals surface area contributed by atoms with Crippen molar-refractivity contribution in [1.82, 2.24) is 0 Å². The molecule has 0 aromatic rings. The van der Waals surface area contributed by atoms with Crippen LogP contribution >= 0.6 is 7.82 Å². The molecule has 2 unspecified atom stereocenters. The molecule has 0 amide bonds. The molecule has 0 aromatic carbocycles. The molecular weight excluding hydrogens is 701 g/mol. The minimum atomic E-state index is -4.67. The first-order chi connectivity index (χ1) is 26.0. The van der Waals surface area contributed by atoms with E-state index in [0.29, 0.717) is 11.0 Å².